The van der Waals surface area contributed by atoms with Gasteiger partial charge in [0.2, 0.25) is 0 Å². The molecular weight excluding hydrogens is 438 g/mol. The molecule has 0 aliphatic carbocycles. The highest BCUT2D eigenvalue weighted by Gasteiger charge is 2.29. The molecule has 33 heavy (non-hydrogen) atoms. The van der Waals surface area contributed by atoms with Crippen LogP contribution in [0.2, 0.25) is 0 Å². The Morgan fingerprint density at radius 2 is 1.67 bits per heavy atom. The smallest absolute Gasteiger partial charge is 0.422 e. The zero-order valence-electron chi connectivity index (χ0n) is 18.8. The summed E-state index contributed by atoms with van der Waals surface area (Å²) >= 11 is 0. The number of anilines is 1. The van der Waals surface area contributed by atoms with Gasteiger partial charge in [0.1, 0.15) is 11.6 Å². The van der Waals surface area contributed by atoms with Gasteiger partial charge in [-0.1, -0.05) is 30.3 Å². The van der Waals surface area contributed by atoms with Crippen molar-refractivity contribution in [2.24, 2.45) is 0 Å². The fraction of sp³-hybridized carbons (Fsp3) is 0.417. The number of benzene rings is 2. The number of allylic oxidation sites excluding steroid dienone is 1. The van der Waals surface area contributed by atoms with Crippen molar-refractivity contribution in [2.75, 3.05) is 51.3 Å². The zero-order chi connectivity index (χ0) is 23.8. The Morgan fingerprint density at radius 1 is 1.00 bits per heavy atom. The van der Waals surface area contributed by atoms with Gasteiger partial charge in [-0.3, -0.25) is 15.2 Å². The standard InChI is InChI=1S/C24H29F4N3O2/c1-18(29-32-2)19(20-7-3-4-8-21(20)25)11-12-30-13-15-31(16-14-30)22-9-5-6-10-23(22)33-17-24(26,27)28/h3-10,29H,11-17H2,1-2H3. The molecule has 0 bridgehead atoms. The van der Waals surface area contributed by atoms with Crippen molar-refractivity contribution in [3.63, 3.8) is 0 Å². The molecule has 1 fully saturated rings. The molecule has 1 N–H and O–H groups in total. The minimum Gasteiger partial charge on any atom is -0.482 e. The van der Waals surface area contributed by atoms with Crippen molar-refractivity contribution in [3.8, 4) is 5.75 Å². The summed E-state index contributed by atoms with van der Waals surface area (Å²) in [6, 6.07) is 13.4. The summed E-state index contributed by atoms with van der Waals surface area (Å²) in [5, 5.41) is 0. The molecule has 9 heteroatoms. The SMILES string of the molecule is CONC(C)=C(CCN1CCN(c2ccccc2OCC(F)(F)F)CC1)c1ccccc1F. The van der Waals surface area contributed by atoms with Gasteiger partial charge >= 0.3 is 6.18 Å². The molecule has 2 aromatic rings. The molecule has 1 aliphatic heterocycles. The summed E-state index contributed by atoms with van der Waals surface area (Å²) in [7, 11) is 1.51. The fourth-order valence-corrected chi connectivity index (χ4v) is 3.93. The Balaban J connectivity index is 1.61. The lowest BCUT2D eigenvalue weighted by atomic mass is 10.00. The van der Waals surface area contributed by atoms with Gasteiger partial charge in [0.15, 0.2) is 6.61 Å². The summed E-state index contributed by atoms with van der Waals surface area (Å²) in [5.74, 6) is -0.0562. The Morgan fingerprint density at radius 3 is 2.33 bits per heavy atom. The van der Waals surface area contributed by atoms with Crippen molar-refractivity contribution in [3.05, 3.63) is 65.6 Å². The van der Waals surface area contributed by atoms with Crippen LogP contribution < -0.4 is 15.1 Å². The number of alkyl halides is 3. The Hall–Kier alpha value is -2.78. The second-order valence-corrected chi connectivity index (χ2v) is 7.84. The van der Waals surface area contributed by atoms with E-state index in [1.54, 1.807) is 42.5 Å². The molecule has 1 aliphatic rings. The summed E-state index contributed by atoms with van der Waals surface area (Å²) < 4.78 is 57.2. The number of para-hydroxylation sites is 2. The van der Waals surface area contributed by atoms with E-state index in [2.05, 4.69) is 10.4 Å². The maximum atomic E-state index is 14.4. The highest BCUT2D eigenvalue weighted by atomic mass is 19.4. The molecular formula is C24H29F4N3O2. The topological polar surface area (TPSA) is 37.0 Å². The van der Waals surface area contributed by atoms with E-state index < -0.39 is 12.8 Å². The van der Waals surface area contributed by atoms with Crippen molar-refractivity contribution in [1.82, 2.24) is 10.4 Å². The van der Waals surface area contributed by atoms with Crippen molar-refractivity contribution in [2.45, 2.75) is 19.5 Å². The van der Waals surface area contributed by atoms with E-state index >= 15 is 0 Å². The highest BCUT2D eigenvalue weighted by Crippen LogP contribution is 2.31. The number of hydrogen-bond donors (Lipinski definition) is 1. The highest BCUT2D eigenvalue weighted by molar-refractivity contribution is 5.68. The lowest BCUT2D eigenvalue weighted by molar-refractivity contribution is -0.153. The Bertz CT molecular complexity index is 941. The number of hydroxylamine groups is 1. The van der Waals surface area contributed by atoms with Crippen LogP contribution in [0.15, 0.2) is 54.2 Å². The van der Waals surface area contributed by atoms with Crippen LogP contribution in [0.1, 0.15) is 18.9 Å². The van der Waals surface area contributed by atoms with Gasteiger partial charge in [0, 0.05) is 44.0 Å². The molecule has 0 radical (unpaired) electrons. The van der Waals surface area contributed by atoms with Gasteiger partial charge in [-0.2, -0.15) is 13.2 Å². The first kappa shape index (κ1) is 24.9. The molecule has 0 amide bonds. The van der Waals surface area contributed by atoms with Crippen LogP contribution in [0, 0.1) is 5.82 Å². The largest absolute Gasteiger partial charge is 0.482 e. The first-order valence-electron chi connectivity index (χ1n) is 10.8. The van der Waals surface area contributed by atoms with Crippen molar-refractivity contribution < 1.29 is 27.1 Å². The molecule has 0 aromatic heterocycles. The van der Waals surface area contributed by atoms with Gasteiger partial charge in [-0.05, 0) is 37.1 Å². The summed E-state index contributed by atoms with van der Waals surface area (Å²) in [5.41, 5.74) is 5.59. The summed E-state index contributed by atoms with van der Waals surface area (Å²) in [6.07, 6.45) is -3.76. The summed E-state index contributed by atoms with van der Waals surface area (Å²) in [4.78, 5) is 9.32. The van der Waals surface area contributed by atoms with Crippen LogP contribution in [-0.2, 0) is 4.84 Å². The minimum absolute atomic E-state index is 0.231. The van der Waals surface area contributed by atoms with Crippen LogP contribution in [0.3, 0.4) is 0 Å². The number of nitrogens with one attached hydrogen (secondary N) is 1. The predicted molar refractivity (Wildman–Crippen MR) is 120 cm³/mol. The fourth-order valence-electron chi connectivity index (χ4n) is 3.93. The summed E-state index contributed by atoms with van der Waals surface area (Å²) in [6.45, 7) is 4.02. The maximum absolute atomic E-state index is 14.4. The normalized spacial score (nSPS) is 15.9. The number of halogens is 4. The average molecular weight is 468 g/mol. The number of nitrogens with zero attached hydrogens (tertiary/aromatic N) is 2. The lowest BCUT2D eigenvalue weighted by Crippen LogP contribution is -2.46. The molecule has 1 heterocycles. The number of piperazine rings is 1. The molecule has 2 aromatic carbocycles. The minimum atomic E-state index is -4.38. The van der Waals surface area contributed by atoms with Gasteiger partial charge in [-0.15, -0.1) is 0 Å². The average Bonchev–Trinajstić information content (AvgIpc) is 2.79. The van der Waals surface area contributed by atoms with E-state index in [4.69, 9.17) is 9.57 Å². The third-order valence-electron chi connectivity index (χ3n) is 5.55. The number of rotatable bonds is 9. The molecule has 0 saturated carbocycles. The van der Waals surface area contributed by atoms with E-state index in [9.17, 15) is 17.6 Å². The molecule has 0 atom stereocenters. The van der Waals surface area contributed by atoms with Crippen LogP contribution in [-0.4, -0.2) is 57.5 Å². The Kier molecular flexibility index (Phi) is 8.57. The molecule has 5 nitrogen and oxygen atoms in total. The third-order valence-corrected chi connectivity index (χ3v) is 5.55. The molecule has 0 spiro atoms. The quantitative estimate of drug-likeness (QED) is 0.421. The van der Waals surface area contributed by atoms with E-state index in [0.717, 1.165) is 24.4 Å². The van der Waals surface area contributed by atoms with Crippen LogP contribution in [0.25, 0.3) is 5.57 Å². The molecule has 180 valence electrons. The first-order chi connectivity index (χ1) is 15.8. The maximum Gasteiger partial charge on any atom is 0.422 e. The van der Waals surface area contributed by atoms with Crippen molar-refractivity contribution in [1.29, 1.82) is 0 Å². The zero-order valence-corrected chi connectivity index (χ0v) is 18.8. The monoisotopic (exact) mass is 467 g/mol. The van der Waals surface area contributed by atoms with Crippen molar-refractivity contribution >= 4 is 11.3 Å². The van der Waals surface area contributed by atoms with E-state index in [-0.39, 0.29) is 11.6 Å². The van der Waals surface area contributed by atoms with E-state index in [0.29, 0.717) is 37.3 Å². The van der Waals surface area contributed by atoms with Gasteiger partial charge < -0.3 is 9.64 Å². The predicted octanol–water partition coefficient (Wildman–Crippen LogP) is 4.86. The Labute approximate surface area is 191 Å². The second-order valence-electron chi connectivity index (χ2n) is 7.84. The molecule has 3 rings (SSSR count). The van der Waals surface area contributed by atoms with Gasteiger partial charge in [0.25, 0.3) is 0 Å². The number of ether oxygens (including phenoxy) is 1. The van der Waals surface area contributed by atoms with Crippen LogP contribution in [0.5, 0.6) is 5.75 Å². The first-order valence-corrected chi connectivity index (χ1v) is 10.8. The third kappa shape index (κ3) is 7.10. The lowest BCUT2D eigenvalue weighted by Gasteiger charge is -2.37. The van der Waals surface area contributed by atoms with E-state index in [1.807, 2.05) is 11.8 Å². The molecule has 1 saturated heterocycles. The van der Waals surface area contributed by atoms with Crippen LogP contribution in [0.4, 0.5) is 23.2 Å². The van der Waals surface area contributed by atoms with Gasteiger partial charge in [-0.25, -0.2) is 4.39 Å². The number of hydrogen-bond acceptors (Lipinski definition) is 5. The molecule has 0 unspecified atom stereocenters. The van der Waals surface area contributed by atoms with E-state index in [1.165, 1.54) is 13.2 Å². The van der Waals surface area contributed by atoms with Crippen LogP contribution >= 0.6 is 0 Å². The van der Waals surface area contributed by atoms with Gasteiger partial charge in [0.05, 0.1) is 12.8 Å². The second kappa shape index (κ2) is 11.4.